The van der Waals surface area contributed by atoms with E-state index in [1.807, 2.05) is 0 Å². The Bertz CT molecular complexity index is 488. The zero-order valence-electron chi connectivity index (χ0n) is 13.0. The summed E-state index contributed by atoms with van der Waals surface area (Å²) in [5.74, 6) is 1.77. The molecule has 1 aromatic rings. The van der Waals surface area contributed by atoms with Gasteiger partial charge in [0.15, 0.2) is 0 Å². The van der Waals surface area contributed by atoms with Crippen molar-refractivity contribution < 1.29 is 0 Å². The van der Waals surface area contributed by atoms with E-state index in [2.05, 4.69) is 36.7 Å². The average Bonchev–Trinajstić information content (AvgIpc) is 2.46. The van der Waals surface area contributed by atoms with E-state index in [0.717, 1.165) is 34.5 Å². The van der Waals surface area contributed by atoms with Crippen molar-refractivity contribution in [1.82, 2.24) is 0 Å². The second-order valence-corrected chi connectivity index (χ2v) is 7.39. The SMILES string of the molecule is CSc1cccc(NCCC2CCCC(C)C2)c1C(N)=S. The Labute approximate surface area is 138 Å². The van der Waals surface area contributed by atoms with Gasteiger partial charge in [-0.05, 0) is 43.1 Å². The summed E-state index contributed by atoms with van der Waals surface area (Å²) < 4.78 is 0. The lowest BCUT2D eigenvalue weighted by molar-refractivity contribution is 0.274. The van der Waals surface area contributed by atoms with Crippen LogP contribution in [0.5, 0.6) is 0 Å². The van der Waals surface area contributed by atoms with Gasteiger partial charge in [-0.3, -0.25) is 0 Å². The van der Waals surface area contributed by atoms with Crippen molar-refractivity contribution in [1.29, 1.82) is 0 Å². The molecule has 0 heterocycles. The molecule has 0 aromatic heterocycles. The molecule has 1 aromatic carbocycles. The van der Waals surface area contributed by atoms with Crippen LogP contribution in [0, 0.1) is 11.8 Å². The normalized spacial score (nSPS) is 22.0. The van der Waals surface area contributed by atoms with E-state index in [0.29, 0.717) is 4.99 Å². The number of thioether (sulfide) groups is 1. The molecule has 1 aliphatic rings. The van der Waals surface area contributed by atoms with Gasteiger partial charge in [-0.1, -0.05) is 44.5 Å². The number of thiocarbonyl (C=S) groups is 1. The first kappa shape index (κ1) is 16.6. The minimum absolute atomic E-state index is 0.480. The van der Waals surface area contributed by atoms with E-state index >= 15 is 0 Å². The van der Waals surface area contributed by atoms with Crippen LogP contribution >= 0.6 is 24.0 Å². The standard InChI is InChI=1S/C17H26N2S2/c1-12-5-3-6-13(11-12)9-10-19-14-7-4-8-15(21-2)16(14)17(18)20/h4,7-8,12-13,19H,3,5-6,9-11H2,1-2H3,(H2,18,20). The first-order valence-corrected chi connectivity index (χ1v) is 9.45. The number of hydrogen-bond acceptors (Lipinski definition) is 3. The monoisotopic (exact) mass is 322 g/mol. The molecule has 0 radical (unpaired) electrons. The van der Waals surface area contributed by atoms with Crippen molar-refractivity contribution in [2.75, 3.05) is 18.1 Å². The maximum absolute atomic E-state index is 5.90. The van der Waals surface area contributed by atoms with Gasteiger partial charge < -0.3 is 11.1 Å². The van der Waals surface area contributed by atoms with Gasteiger partial charge in [-0.25, -0.2) is 0 Å². The number of rotatable bonds is 6. The molecular formula is C17H26N2S2. The van der Waals surface area contributed by atoms with Crippen LogP contribution < -0.4 is 11.1 Å². The van der Waals surface area contributed by atoms with Crippen LogP contribution in [0.2, 0.25) is 0 Å². The fourth-order valence-electron chi connectivity index (χ4n) is 3.34. The lowest BCUT2D eigenvalue weighted by Crippen LogP contribution is -2.18. The second kappa shape index (κ2) is 8.04. The second-order valence-electron chi connectivity index (χ2n) is 6.10. The lowest BCUT2D eigenvalue weighted by Gasteiger charge is -2.27. The molecule has 1 fully saturated rings. The van der Waals surface area contributed by atoms with E-state index in [4.69, 9.17) is 18.0 Å². The zero-order valence-corrected chi connectivity index (χ0v) is 14.7. The topological polar surface area (TPSA) is 38.0 Å². The summed E-state index contributed by atoms with van der Waals surface area (Å²) in [6.45, 7) is 3.39. The number of benzene rings is 1. The zero-order chi connectivity index (χ0) is 15.2. The molecule has 2 nitrogen and oxygen atoms in total. The highest BCUT2D eigenvalue weighted by molar-refractivity contribution is 7.98. The van der Waals surface area contributed by atoms with Gasteiger partial charge in [0.2, 0.25) is 0 Å². The Balaban J connectivity index is 1.95. The Hall–Kier alpha value is -0.740. The van der Waals surface area contributed by atoms with Crippen LogP contribution in [-0.2, 0) is 0 Å². The predicted molar refractivity (Wildman–Crippen MR) is 98.3 cm³/mol. The predicted octanol–water partition coefficient (Wildman–Crippen LogP) is 4.67. The smallest absolute Gasteiger partial charge is 0.107 e. The maximum Gasteiger partial charge on any atom is 0.107 e. The van der Waals surface area contributed by atoms with Crippen LogP contribution in [0.1, 0.15) is 44.6 Å². The van der Waals surface area contributed by atoms with Crippen molar-refractivity contribution in [2.45, 2.75) is 43.9 Å². The fourth-order valence-corrected chi connectivity index (χ4v) is 4.26. The molecule has 4 heteroatoms. The summed E-state index contributed by atoms with van der Waals surface area (Å²) in [4.78, 5) is 1.63. The van der Waals surface area contributed by atoms with Crippen molar-refractivity contribution in [2.24, 2.45) is 17.6 Å². The average molecular weight is 323 g/mol. The van der Waals surface area contributed by atoms with Crippen LogP contribution in [0.25, 0.3) is 0 Å². The first-order valence-electron chi connectivity index (χ1n) is 7.82. The molecule has 0 amide bonds. The highest BCUT2D eigenvalue weighted by Crippen LogP contribution is 2.31. The maximum atomic E-state index is 5.90. The number of nitrogens with one attached hydrogen (secondary N) is 1. The first-order chi connectivity index (χ1) is 10.1. The van der Waals surface area contributed by atoms with Gasteiger partial charge in [0, 0.05) is 22.7 Å². The van der Waals surface area contributed by atoms with Crippen molar-refractivity contribution >= 4 is 34.7 Å². The number of anilines is 1. The third kappa shape index (κ3) is 4.62. The fraction of sp³-hybridized carbons (Fsp3) is 0.588. The quantitative estimate of drug-likeness (QED) is 0.589. The van der Waals surface area contributed by atoms with Crippen LogP contribution in [0.15, 0.2) is 23.1 Å². The van der Waals surface area contributed by atoms with Gasteiger partial charge in [0.1, 0.15) is 4.99 Å². The Kier molecular flexibility index (Phi) is 6.37. The summed E-state index contributed by atoms with van der Waals surface area (Å²) in [5.41, 5.74) is 7.98. The van der Waals surface area contributed by atoms with E-state index < -0.39 is 0 Å². The summed E-state index contributed by atoms with van der Waals surface area (Å²) in [6.07, 6.45) is 8.87. The summed E-state index contributed by atoms with van der Waals surface area (Å²) in [7, 11) is 0. The van der Waals surface area contributed by atoms with E-state index in [9.17, 15) is 0 Å². The molecule has 2 atom stereocenters. The third-order valence-electron chi connectivity index (χ3n) is 4.41. The molecule has 2 unspecified atom stereocenters. The van der Waals surface area contributed by atoms with Crippen LogP contribution in [-0.4, -0.2) is 17.8 Å². The van der Waals surface area contributed by atoms with Crippen LogP contribution in [0.3, 0.4) is 0 Å². The van der Waals surface area contributed by atoms with Crippen molar-refractivity contribution in [3.63, 3.8) is 0 Å². The molecule has 21 heavy (non-hydrogen) atoms. The summed E-state index contributed by atoms with van der Waals surface area (Å²) >= 11 is 6.91. The third-order valence-corrected chi connectivity index (χ3v) is 5.39. The summed E-state index contributed by atoms with van der Waals surface area (Å²) in [5, 5.41) is 3.55. The van der Waals surface area contributed by atoms with E-state index in [1.54, 1.807) is 11.8 Å². The van der Waals surface area contributed by atoms with Crippen LogP contribution in [0.4, 0.5) is 5.69 Å². The van der Waals surface area contributed by atoms with E-state index in [-0.39, 0.29) is 0 Å². The number of hydrogen-bond donors (Lipinski definition) is 2. The lowest BCUT2D eigenvalue weighted by atomic mass is 9.81. The van der Waals surface area contributed by atoms with Gasteiger partial charge in [0.25, 0.3) is 0 Å². The highest BCUT2D eigenvalue weighted by atomic mass is 32.2. The molecule has 0 bridgehead atoms. The molecule has 0 aliphatic heterocycles. The number of nitrogens with two attached hydrogens (primary N) is 1. The minimum Gasteiger partial charge on any atom is -0.389 e. The Morgan fingerprint density at radius 2 is 2.24 bits per heavy atom. The molecule has 1 aliphatic carbocycles. The Morgan fingerprint density at radius 1 is 1.43 bits per heavy atom. The highest BCUT2D eigenvalue weighted by Gasteiger charge is 2.18. The van der Waals surface area contributed by atoms with Gasteiger partial charge >= 0.3 is 0 Å². The molecule has 0 saturated heterocycles. The molecule has 2 rings (SSSR count). The van der Waals surface area contributed by atoms with Gasteiger partial charge in [0.05, 0.1) is 0 Å². The largest absolute Gasteiger partial charge is 0.389 e. The molecule has 116 valence electrons. The van der Waals surface area contributed by atoms with Gasteiger partial charge in [-0.2, -0.15) is 0 Å². The minimum atomic E-state index is 0.480. The van der Waals surface area contributed by atoms with Crippen molar-refractivity contribution in [3.05, 3.63) is 23.8 Å². The molecule has 1 saturated carbocycles. The molecular weight excluding hydrogens is 296 g/mol. The van der Waals surface area contributed by atoms with E-state index in [1.165, 1.54) is 32.1 Å². The molecule has 0 spiro atoms. The van der Waals surface area contributed by atoms with Gasteiger partial charge in [-0.15, -0.1) is 11.8 Å². The van der Waals surface area contributed by atoms with Crippen molar-refractivity contribution in [3.8, 4) is 0 Å². The molecule has 3 N–H and O–H groups in total. The summed E-state index contributed by atoms with van der Waals surface area (Å²) in [6, 6.07) is 6.23. The Morgan fingerprint density at radius 3 is 2.90 bits per heavy atom.